The van der Waals surface area contributed by atoms with E-state index in [0.717, 1.165) is 19.2 Å². The van der Waals surface area contributed by atoms with Gasteiger partial charge >= 0.3 is 0 Å². The Morgan fingerprint density at radius 3 is 2.43 bits per heavy atom. The number of piperazine rings is 1. The lowest BCUT2D eigenvalue weighted by molar-refractivity contribution is -0.130. The summed E-state index contributed by atoms with van der Waals surface area (Å²) in [6, 6.07) is 6.84. The predicted octanol–water partition coefficient (Wildman–Crippen LogP) is 4.44. The van der Waals surface area contributed by atoms with Crippen LogP contribution in [0.5, 0.6) is 0 Å². The predicted molar refractivity (Wildman–Crippen MR) is 134 cm³/mol. The van der Waals surface area contributed by atoms with Crippen molar-refractivity contribution in [3.05, 3.63) is 57.6 Å². The van der Waals surface area contributed by atoms with Crippen LogP contribution in [-0.2, 0) is 16.0 Å². The third-order valence-corrected chi connectivity index (χ3v) is 7.19. The van der Waals surface area contributed by atoms with Gasteiger partial charge in [-0.15, -0.1) is 0 Å². The van der Waals surface area contributed by atoms with Gasteiger partial charge in [-0.05, 0) is 49.6 Å². The highest BCUT2D eigenvalue weighted by Crippen LogP contribution is 2.39. The highest BCUT2D eigenvalue weighted by molar-refractivity contribution is 6.40. The molecule has 0 bridgehead atoms. The molecule has 188 valence electrons. The van der Waals surface area contributed by atoms with Crippen LogP contribution in [0.25, 0.3) is 0 Å². The monoisotopic (exact) mass is 524 g/mol. The lowest BCUT2D eigenvalue weighted by Crippen LogP contribution is -2.48. The van der Waals surface area contributed by atoms with Crippen molar-refractivity contribution in [2.24, 2.45) is 5.92 Å². The molecule has 1 atom stereocenters. The number of nitrogens with one attached hydrogen (secondary N) is 1. The number of likely N-dealkylation sites (N-methyl/N-ethyl adjacent to an activating group) is 1. The normalized spacial score (nSPS) is 19.2. The van der Waals surface area contributed by atoms with Crippen LogP contribution in [-0.4, -0.2) is 67.9 Å². The Labute approximate surface area is 213 Å². The Hall–Kier alpha value is -2.42. The van der Waals surface area contributed by atoms with E-state index < -0.39 is 11.6 Å². The fourth-order valence-corrected chi connectivity index (χ4v) is 5.26. The summed E-state index contributed by atoms with van der Waals surface area (Å²) in [5.74, 6) is -1.36. The van der Waals surface area contributed by atoms with Gasteiger partial charge in [0.15, 0.2) is 0 Å². The van der Waals surface area contributed by atoms with Crippen LogP contribution in [0.4, 0.5) is 20.2 Å². The molecule has 2 heterocycles. The number of hydrogen-bond donors (Lipinski definition) is 1. The first-order valence-electron chi connectivity index (χ1n) is 11.6. The lowest BCUT2D eigenvalue weighted by atomic mass is 9.90. The van der Waals surface area contributed by atoms with E-state index in [-0.39, 0.29) is 40.7 Å². The van der Waals surface area contributed by atoms with E-state index >= 15 is 0 Å². The molecular weight excluding hydrogens is 497 g/mol. The van der Waals surface area contributed by atoms with Crippen LogP contribution >= 0.6 is 23.2 Å². The van der Waals surface area contributed by atoms with Gasteiger partial charge in [0.05, 0.1) is 22.3 Å². The van der Waals surface area contributed by atoms with Crippen LogP contribution < -0.4 is 10.2 Å². The highest BCUT2D eigenvalue weighted by atomic mass is 35.5. The molecule has 0 spiro atoms. The molecule has 2 aromatic rings. The first-order chi connectivity index (χ1) is 16.7. The maximum Gasteiger partial charge on any atom is 0.241 e. The molecule has 0 saturated carbocycles. The average Bonchev–Trinajstić information content (AvgIpc) is 2.81. The minimum Gasteiger partial charge on any atom is -0.376 e. The van der Waals surface area contributed by atoms with Gasteiger partial charge in [-0.2, -0.15) is 0 Å². The van der Waals surface area contributed by atoms with E-state index in [1.54, 1.807) is 17.0 Å². The second-order valence-corrected chi connectivity index (χ2v) is 9.99. The highest BCUT2D eigenvalue weighted by Gasteiger charge is 2.30. The van der Waals surface area contributed by atoms with Crippen molar-refractivity contribution < 1.29 is 18.4 Å². The zero-order chi connectivity index (χ0) is 25.1. The molecule has 0 radical (unpaired) electrons. The third-order valence-electron chi connectivity index (χ3n) is 6.62. The van der Waals surface area contributed by atoms with Crippen LogP contribution in [0.1, 0.15) is 18.4 Å². The lowest BCUT2D eigenvalue weighted by Gasteiger charge is -2.34. The Kier molecular flexibility index (Phi) is 8.14. The van der Waals surface area contributed by atoms with E-state index in [1.807, 2.05) is 11.9 Å². The molecule has 6 nitrogen and oxygen atoms in total. The van der Waals surface area contributed by atoms with Crippen molar-refractivity contribution in [3.63, 3.8) is 0 Å². The molecule has 35 heavy (non-hydrogen) atoms. The number of carbonyl (C=O) groups is 2. The van der Waals surface area contributed by atoms with Gasteiger partial charge in [0, 0.05) is 50.9 Å². The van der Waals surface area contributed by atoms with Gasteiger partial charge in [0.25, 0.3) is 0 Å². The standard InChI is InChI=1S/C25H28Cl2F2N4O2/c1-31-6-8-32(9-7-31)24(35)14-30-19-12-20(26)25(21(27)13-19)33-15-16(2-5-23(33)34)10-17-3-4-18(28)11-22(17)29/h3-4,11-13,16,30H,2,5-10,14-15H2,1H3. The first-order valence-corrected chi connectivity index (χ1v) is 12.4. The molecule has 1 N–H and O–H groups in total. The molecule has 2 aliphatic rings. The van der Waals surface area contributed by atoms with Crippen molar-refractivity contribution in [2.45, 2.75) is 19.3 Å². The summed E-state index contributed by atoms with van der Waals surface area (Å²) in [6.07, 6.45) is 1.24. The molecule has 2 aromatic carbocycles. The number of halogens is 4. The van der Waals surface area contributed by atoms with E-state index in [0.29, 0.717) is 49.4 Å². The van der Waals surface area contributed by atoms with Crippen LogP contribution in [0, 0.1) is 17.6 Å². The summed E-state index contributed by atoms with van der Waals surface area (Å²) in [6.45, 7) is 3.51. The molecular formula is C25H28Cl2F2N4O2. The molecule has 2 saturated heterocycles. The number of anilines is 2. The zero-order valence-corrected chi connectivity index (χ0v) is 21.0. The number of hydrogen-bond acceptors (Lipinski definition) is 4. The quantitative estimate of drug-likeness (QED) is 0.606. The molecule has 2 amide bonds. The molecule has 0 aromatic heterocycles. The summed E-state index contributed by atoms with van der Waals surface area (Å²) >= 11 is 13.1. The number of nitrogens with zero attached hydrogens (tertiary/aromatic N) is 3. The molecule has 10 heteroatoms. The summed E-state index contributed by atoms with van der Waals surface area (Å²) in [4.78, 5) is 30.8. The largest absolute Gasteiger partial charge is 0.376 e. The second-order valence-electron chi connectivity index (χ2n) is 9.18. The molecule has 2 fully saturated rings. The topological polar surface area (TPSA) is 55.9 Å². The number of rotatable bonds is 6. The van der Waals surface area contributed by atoms with Crippen molar-refractivity contribution in [3.8, 4) is 0 Å². The summed E-state index contributed by atoms with van der Waals surface area (Å²) in [5.41, 5.74) is 1.40. The van der Waals surface area contributed by atoms with Gasteiger partial charge in [-0.1, -0.05) is 29.3 Å². The SMILES string of the molecule is CN1CCN(C(=O)CNc2cc(Cl)c(N3CC(Cc4ccc(F)cc4F)CCC3=O)c(Cl)c2)CC1. The van der Waals surface area contributed by atoms with E-state index in [9.17, 15) is 18.4 Å². The van der Waals surface area contributed by atoms with Gasteiger partial charge in [0.2, 0.25) is 11.8 Å². The molecule has 0 aliphatic carbocycles. The summed E-state index contributed by atoms with van der Waals surface area (Å²) in [7, 11) is 2.03. The zero-order valence-electron chi connectivity index (χ0n) is 19.5. The van der Waals surface area contributed by atoms with Crippen molar-refractivity contribution in [2.75, 3.05) is 56.5 Å². The van der Waals surface area contributed by atoms with Crippen molar-refractivity contribution in [1.82, 2.24) is 9.80 Å². The van der Waals surface area contributed by atoms with E-state index in [2.05, 4.69) is 10.2 Å². The minimum atomic E-state index is -0.621. The van der Waals surface area contributed by atoms with Gasteiger partial charge in [0.1, 0.15) is 11.6 Å². The van der Waals surface area contributed by atoms with Crippen LogP contribution in [0.2, 0.25) is 10.0 Å². The molecule has 2 aliphatic heterocycles. The third kappa shape index (κ3) is 6.23. The van der Waals surface area contributed by atoms with Crippen LogP contribution in [0.3, 0.4) is 0 Å². The maximum absolute atomic E-state index is 14.1. The maximum atomic E-state index is 14.1. The van der Waals surface area contributed by atoms with Crippen molar-refractivity contribution in [1.29, 1.82) is 0 Å². The van der Waals surface area contributed by atoms with Gasteiger partial charge in [-0.25, -0.2) is 8.78 Å². The Balaban J connectivity index is 1.42. The first kappa shape index (κ1) is 25.7. The number of piperidine rings is 1. The average molecular weight is 525 g/mol. The summed E-state index contributed by atoms with van der Waals surface area (Å²) in [5, 5.41) is 3.65. The minimum absolute atomic E-state index is 0.00324. The molecule has 4 rings (SSSR count). The molecule has 1 unspecified atom stereocenters. The van der Waals surface area contributed by atoms with Crippen molar-refractivity contribution >= 4 is 46.4 Å². The summed E-state index contributed by atoms with van der Waals surface area (Å²) < 4.78 is 27.4. The van der Waals surface area contributed by atoms with E-state index in [4.69, 9.17) is 23.2 Å². The Morgan fingerprint density at radius 1 is 1.09 bits per heavy atom. The number of benzene rings is 2. The Bertz CT molecular complexity index is 1090. The number of amides is 2. The smallest absolute Gasteiger partial charge is 0.241 e. The van der Waals surface area contributed by atoms with E-state index in [1.165, 1.54) is 12.1 Å². The Morgan fingerprint density at radius 2 is 1.77 bits per heavy atom. The fraction of sp³-hybridized carbons (Fsp3) is 0.440. The second kappa shape index (κ2) is 11.1. The van der Waals surface area contributed by atoms with Gasteiger partial charge < -0.3 is 20.0 Å². The van der Waals surface area contributed by atoms with Crippen LogP contribution in [0.15, 0.2) is 30.3 Å². The van der Waals surface area contributed by atoms with Gasteiger partial charge in [-0.3, -0.25) is 9.59 Å². The fourth-order valence-electron chi connectivity index (χ4n) is 4.57. The number of carbonyl (C=O) groups excluding carboxylic acids is 2.